The maximum Gasteiger partial charge on any atom is 0.278 e. The van der Waals surface area contributed by atoms with Gasteiger partial charge in [-0.15, -0.1) is 5.10 Å². The van der Waals surface area contributed by atoms with Crippen molar-refractivity contribution in [2.75, 3.05) is 5.32 Å². The number of rotatable bonds is 3. The lowest BCUT2D eigenvalue weighted by Gasteiger charge is -2.05. The van der Waals surface area contributed by atoms with Crippen LogP contribution in [0.2, 0.25) is 5.02 Å². The number of nitrogens with zero attached hydrogens (tertiary/aromatic N) is 3. The molecule has 0 aliphatic carbocycles. The largest absolute Gasteiger partial charge is 0.316 e. The number of carbonyl (C=O) groups excluding carboxylic acids is 1. The minimum atomic E-state index is -0.878. The van der Waals surface area contributed by atoms with Crippen LogP contribution in [0.5, 0.6) is 0 Å². The molecule has 0 saturated heterocycles. The van der Waals surface area contributed by atoms with E-state index < -0.39 is 23.2 Å². The summed E-state index contributed by atoms with van der Waals surface area (Å²) in [5.74, 6) is -2.54. The third kappa shape index (κ3) is 3.04. The minimum Gasteiger partial charge on any atom is -0.316 e. The Labute approximate surface area is 134 Å². The fourth-order valence-corrected chi connectivity index (χ4v) is 2.14. The molecule has 0 radical (unpaired) electrons. The molecule has 3 rings (SSSR count). The summed E-state index contributed by atoms with van der Waals surface area (Å²) in [5.41, 5.74) is -0.116. The lowest BCUT2D eigenvalue weighted by Crippen LogP contribution is -2.14. The van der Waals surface area contributed by atoms with Crippen molar-refractivity contribution in [2.24, 2.45) is 0 Å². The average Bonchev–Trinajstić information content (AvgIpc) is 3.01. The molecule has 1 heterocycles. The molecule has 0 fully saturated rings. The van der Waals surface area contributed by atoms with Gasteiger partial charge in [0, 0.05) is 0 Å². The summed E-state index contributed by atoms with van der Waals surface area (Å²) in [7, 11) is 0. The third-order valence-electron chi connectivity index (χ3n) is 3.03. The van der Waals surface area contributed by atoms with Crippen LogP contribution >= 0.6 is 11.6 Å². The summed E-state index contributed by atoms with van der Waals surface area (Å²) in [4.78, 5) is 12.1. The summed E-state index contributed by atoms with van der Waals surface area (Å²) < 4.78 is 28.4. The quantitative estimate of drug-likeness (QED) is 0.798. The van der Waals surface area contributed by atoms with Gasteiger partial charge >= 0.3 is 0 Å². The number of benzene rings is 2. The number of carbonyl (C=O) groups is 1. The van der Waals surface area contributed by atoms with E-state index in [1.54, 1.807) is 24.3 Å². The zero-order valence-corrected chi connectivity index (χ0v) is 12.3. The van der Waals surface area contributed by atoms with E-state index in [-0.39, 0.29) is 5.69 Å². The average molecular weight is 335 g/mol. The molecule has 0 unspecified atom stereocenters. The molecule has 0 spiro atoms. The van der Waals surface area contributed by atoms with Crippen LogP contribution in [0, 0.1) is 11.6 Å². The summed E-state index contributed by atoms with van der Waals surface area (Å²) in [6.45, 7) is 0. The van der Waals surface area contributed by atoms with Gasteiger partial charge in [-0.2, -0.15) is 0 Å². The molecular weight excluding hydrogens is 326 g/mol. The number of aromatic nitrogens is 3. The Morgan fingerprint density at radius 1 is 1.09 bits per heavy atom. The highest BCUT2D eigenvalue weighted by atomic mass is 35.5. The first-order valence-electron chi connectivity index (χ1n) is 6.49. The van der Waals surface area contributed by atoms with Crippen LogP contribution in [0.15, 0.2) is 48.7 Å². The Kier molecular flexibility index (Phi) is 4.03. The van der Waals surface area contributed by atoms with E-state index in [0.717, 1.165) is 12.1 Å². The van der Waals surface area contributed by atoms with Crippen LogP contribution in [-0.2, 0) is 0 Å². The highest BCUT2D eigenvalue weighted by molar-refractivity contribution is 6.32. The van der Waals surface area contributed by atoms with E-state index in [1.807, 2.05) is 0 Å². The van der Waals surface area contributed by atoms with Crippen molar-refractivity contribution < 1.29 is 13.6 Å². The second-order valence-corrected chi connectivity index (χ2v) is 4.96. The number of para-hydroxylation sites is 2. The van der Waals surface area contributed by atoms with Crippen molar-refractivity contribution >= 4 is 23.2 Å². The predicted octanol–water partition coefficient (Wildman–Crippen LogP) is 3.45. The van der Waals surface area contributed by atoms with E-state index >= 15 is 0 Å². The molecule has 0 aliphatic rings. The summed E-state index contributed by atoms with van der Waals surface area (Å²) in [6, 6.07) is 10.1. The van der Waals surface area contributed by atoms with Crippen molar-refractivity contribution in [2.45, 2.75) is 0 Å². The summed E-state index contributed by atoms with van der Waals surface area (Å²) in [6.07, 6.45) is 1.31. The molecule has 1 aromatic heterocycles. The van der Waals surface area contributed by atoms with Crippen LogP contribution < -0.4 is 5.32 Å². The summed E-state index contributed by atoms with van der Waals surface area (Å²) in [5, 5.41) is 10.0. The first-order chi connectivity index (χ1) is 11.1. The van der Waals surface area contributed by atoms with Crippen LogP contribution in [0.25, 0.3) is 5.69 Å². The molecule has 116 valence electrons. The van der Waals surface area contributed by atoms with E-state index in [1.165, 1.54) is 16.9 Å². The Morgan fingerprint density at radius 2 is 1.78 bits per heavy atom. The van der Waals surface area contributed by atoms with Crippen molar-refractivity contribution in [1.29, 1.82) is 0 Å². The van der Waals surface area contributed by atoms with Gasteiger partial charge in [0.05, 0.1) is 16.9 Å². The predicted molar refractivity (Wildman–Crippen MR) is 80.7 cm³/mol. The third-order valence-corrected chi connectivity index (χ3v) is 3.35. The Morgan fingerprint density at radius 3 is 2.48 bits per heavy atom. The molecule has 0 saturated carbocycles. The maximum atomic E-state index is 13.5. The van der Waals surface area contributed by atoms with Crippen molar-refractivity contribution in [1.82, 2.24) is 15.0 Å². The molecule has 1 amide bonds. The zero-order valence-electron chi connectivity index (χ0n) is 11.5. The number of amides is 1. The number of hydrogen-bond acceptors (Lipinski definition) is 3. The first kappa shape index (κ1) is 15.1. The molecular formula is C15H9ClF2N4O. The standard InChI is InChI=1S/C15H9ClF2N4O/c16-9-4-1-2-7-13(9)22-8-12(20-21-22)15(23)19-14-10(17)5-3-6-11(14)18/h1-8H,(H,19,23). The van der Waals surface area contributed by atoms with Gasteiger partial charge in [-0.05, 0) is 24.3 Å². The maximum absolute atomic E-state index is 13.5. The minimum absolute atomic E-state index is 0.104. The molecule has 2 aromatic carbocycles. The van der Waals surface area contributed by atoms with E-state index in [4.69, 9.17) is 11.6 Å². The lowest BCUT2D eigenvalue weighted by molar-refractivity contribution is 0.102. The van der Waals surface area contributed by atoms with E-state index in [0.29, 0.717) is 10.7 Å². The fourth-order valence-electron chi connectivity index (χ4n) is 1.92. The number of anilines is 1. The summed E-state index contributed by atoms with van der Waals surface area (Å²) >= 11 is 6.03. The van der Waals surface area contributed by atoms with Gasteiger partial charge in [-0.3, -0.25) is 4.79 Å². The first-order valence-corrected chi connectivity index (χ1v) is 6.86. The van der Waals surface area contributed by atoms with Gasteiger partial charge in [0.25, 0.3) is 5.91 Å². The SMILES string of the molecule is O=C(Nc1c(F)cccc1F)c1cn(-c2ccccc2Cl)nn1. The van der Waals surface area contributed by atoms with Crippen molar-refractivity contribution in [3.8, 4) is 5.69 Å². The Bertz CT molecular complexity index is 861. The molecule has 5 nitrogen and oxygen atoms in total. The van der Waals surface area contributed by atoms with Crippen LogP contribution in [0.1, 0.15) is 10.5 Å². The Balaban J connectivity index is 1.86. The van der Waals surface area contributed by atoms with Crippen LogP contribution in [0.3, 0.4) is 0 Å². The lowest BCUT2D eigenvalue weighted by atomic mass is 10.3. The van der Waals surface area contributed by atoms with Crippen molar-refractivity contribution in [3.05, 3.63) is 71.0 Å². The van der Waals surface area contributed by atoms with Crippen LogP contribution in [0.4, 0.5) is 14.5 Å². The second kappa shape index (κ2) is 6.13. The van der Waals surface area contributed by atoms with E-state index in [2.05, 4.69) is 15.6 Å². The van der Waals surface area contributed by atoms with Crippen LogP contribution in [-0.4, -0.2) is 20.9 Å². The highest BCUT2D eigenvalue weighted by Gasteiger charge is 2.17. The zero-order chi connectivity index (χ0) is 16.4. The van der Waals surface area contributed by atoms with Crippen molar-refractivity contribution in [3.63, 3.8) is 0 Å². The molecule has 1 N–H and O–H groups in total. The smallest absolute Gasteiger partial charge is 0.278 e. The van der Waals surface area contributed by atoms with Gasteiger partial charge < -0.3 is 5.32 Å². The number of hydrogen-bond donors (Lipinski definition) is 1. The number of nitrogens with one attached hydrogen (secondary N) is 1. The van der Waals surface area contributed by atoms with Gasteiger partial charge in [0.15, 0.2) is 5.69 Å². The van der Waals surface area contributed by atoms with Gasteiger partial charge in [0.1, 0.15) is 17.3 Å². The topological polar surface area (TPSA) is 59.8 Å². The second-order valence-electron chi connectivity index (χ2n) is 4.55. The molecule has 8 heteroatoms. The van der Waals surface area contributed by atoms with Gasteiger partial charge in [0.2, 0.25) is 0 Å². The normalized spacial score (nSPS) is 10.6. The monoisotopic (exact) mass is 334 g/mol. The van der Waals surface area contributed by atoms with E-state index in [9.17, 15) is 13.6 Å². The molecule has 0 bridgehead atoms. The molecule has 23 heavy (non-hydrogen) atoms. The highest BCUT2D eigenvalue weighted by Crippen LogP contribution is 2.20. The molecule has 3 aromatic rings. The van der Waals surface area contributed by atoms with Gasteiger partial charge in [-0.25, -0.2) is 13.5 Å². The fraction of sp³-hybridized carbons (Fsp3) is 0. The molecule has 0 aliphatic heterocycles. The molecule has 0 atom stereocenters. The Hall–Kier alpha value is -2.80. The number of halogens is 3. The van der Waals surface area contributed by atoms with Gasteiger partial charge in [-0.1, -0.05) is 35.0 Å².